The SMILES string of the molecule is CCCCC(CC)CSC1=C(SCC(CC)CCCC)SC(=C2SC3=C(SC(=C4C=CC(=C5SC6=C(S5)SC(=C5C=CC(=C7SC8=C(S7)SC(=C7SC(SCC(CC)CCCC)=C(SCC(CC)CCCC)S7)S8)CC5)S6)CC4)S3)S2)S1. The third-order valence-electron chi connectivity index (χ3n) is 15.5. The van der Waals surface area contributed by atoms with E-state index < -0.39 is 0 Å². The molecule has 0 spiro atoms. The predicted octanol–water partition coefficient (Wildman–Crippen LogP) is 30.1. The normalized spacial score (nSPS) is 22.7. The fraction of sp³-hybridized carbons (Fsp3) is 0.581. The number of hydrogen-bond acceptors (Lipinski definition) is 20. The molecule has 10 rings (SSSR count). The first-order valence-corrected chi connectivity index (χ1v) is 47.1. The minimum atomic E-state index is 0.828. The summed E-state index contributed by atoms with van der Waals surface area (Å²) in [7, 11) is 0. The summed E-state index contributed by atoms with van der Waals surface area (Å²) < 4.78 is 27.7. The summed E-state index contributed by atoms with van der Waals surface area (Å²) in [6.45, 7) is 19.0. The van der Waals surface area contributed by atoms with E-state index in [1.807, 2.05) is 47.0 Å². The van der Waals surface area contributed by atoms with Crippen LogP contribution in [0.25, 0.3) is 0 Å². The van der Waals surface area contributed by atoms with E-state index >= 15 is 0 Å². The van der Waals surface area contributed by atoms with Gasteiger partial charge in [-0.3, -0.25) is 0 Å². The van der Waals surface area contributed by atoms with Crippen molar-refractivity contribution in [2.24, 2.45) is 23.7 Å². The van der Waals surface area contributed by atoms with E-state index in [-0.39, 0.29) is 0 Å². The molecule has 0 aromatic rings. The maximum absolute atomic E-state index is 2.46. The molecule has 8 heterocycles. The van der Waals surface area contributed by atoms with E-state index in [0.29, 0.717) is 0 Å². The van der Waals surface area contributed by atoms with Gasteiger partial charge in [-0.2, -0.15) is 0 Å². The topological polar surface area (TPSA) is 0 Å². The summed E-state index contributed by atoms with van der Waals surface area (Å²) in [5.74, 6) is 8.37. The highest BCUT2D eigenvalue weighted by Gasteiger charge is 2.39. The summed E-state index contributed by atoms with van der Waals surface area (Å²) in [5, 5.41) is 0. The Kier molecular flexibility index (Phi) is 29.4. The molecule has 0 saturated carbocycles. The number of thioether (sulfide) groups is 20. The zero-order valence-electron chi connectivity index (χ0n) is 48.8. The van der Waals surface area contributed by atoms with Gasteiger partial charge >= 0.3 is 0 Å². The fourth-order valence-electron chi connectivity index (χ4n) is 9.84. The van der Waals surface area contributed by atoms with Crippen LogP contribution in [0, 0.1) is 23.7 Å². The Morgan fingerprint density at radius 2 is 0.451 bits per heavy atom. The molecule has 4 atom stereocenters. The Labute approximate surface area is 580 Å². The lowest BCUT2D eigenvalue weighted by Crippen LogP contribution is -2.03. The summed E-state index contributed by atoms with van der Waals surface area (Å²) in [5.41, 5.74) is 6.14. The van der Waals surface area contributed by atoms with Crippen molar-refractivity contribution in [1.82, 2.24) is 0 Å². The third-order valence-corrected chi connectivity index (χ3v) is 45.8. The Balaban J connectivity index is 0.693. The van der Waals surface area contributed by atoms with Crippen molar-refractivity contribution >= 4 is 235 Å². The monoisotopic (exact) mass is 1460 g/mol. The van der Waals surface area contributed by atoms with E-state index in [1.54, 1.807) is 16.9 Å². The van der Waals surface area contributed by atoms with Gasteiger partial charge in [0.25, 0.3) is 0 Å². The quantitative estimate of drug-likeness (QED) is 0.0729. The number of rotatable bonds is 28. The molecule has 448 valence electrons. The van der Waals surface area contributed by atoms with E-state index in [9.17, 15) is 0 Å². The van der Waals surface area contributed by atoms with Crippen molar-refractivity contribution in [3.63, 3.8) is 0 Å². The summed E-state index contributed by atoms with van der Waals surface area (Å²) in [6, 6.07) is 0. The minimum absolute atomic E-state index is 0.828. The molecule has 82 heavy (non-hydrogen) atoms. The highest BCUT2D eigenvalue weighted by atomic mass is 32.3. The van der Waals surface area contributed by atoms with Crippen LogP contribution in [0.1, 0.15) is 184 Å². The Morgan fingerprint density at radius 3 is 0.622 bits per heavy atom. The first-order chi connectivity index (χ1) is 40.2. The first-order valence-electron chi connectivity index (χ1n) is 30.0. The molecule has 2 aliphatic carbocycles. The molecule has 0 amide bonds. The lowest BCUT2D eigenvalue weighted by Gasteiger charge is -2.17. The van der Waals surface area contributed by atoms with Gasteiger partial charge in [0, 0.05) is 23.0 Å². The van der Waals surface area contributed by atoms with E-state index in [0.717, 1.165) is 49.4 Å². The molecular weight excluding hydrogens is 1390 g/mol. The van der Waals surface area contributed by atoms with Crippen molar-refractivity contribution < 1.29 is 0 Å². The second-order valence-electron chi connectivity index (χ2n) is 21.5. The molecule has 0 fully saturated rings. The van der Waals surface area contributed by atoms with Crippen LogP contribution >= 0.6 is 235 Å². The highest BCUT2D eigenvalue weighted by Crippen LogP contribution is 2.74. The molecule has 0 saturated heterocycles. The zero-order valence-corrected chi connectivity index (χ0v) is 65.1. The van der Waals surface area contributed by atoms with E-state index in [4.69, 9.17) is 0 Å². The Morgan fingerprint density at radius 1 is 0.268 bits per heavy atom. The molecule has 0 nitrogen and oxygen atoms in total. The van der Waals surface area contributed by atoms with Crippen LogP contribution < -0.4 is 0 Å². The zero-order chi connectivity index (χ0) is 57.0. The second kappa shape index (κ2) is 35.2. The van der Waals surface area contributed by atoms with Crippen molar-refractivity contribution in [2.75, 3.05) is 23.0 Å². The number of allylic oxidation sites excluding steroid dienone is 8. The lowest BCUT2D eigenvalue weighted by molar-refractivity contribution is 0.500. The maximum atomic E-state index is 2.46. The largest absolute Gasteiger partial charge is 0.117 e. The molecule has 0 aromatic heterocycles. The molecule has 8 aliphatic heterocycles. The average molecular weight is 1470 g/mol. The van der Waals surface area contributed by atoms with Gasteiger partial charge in [-0.15, -0.1) is 47.0 Å². The van der Waals surface area contributed by atoms with Crippen molar-refractivity contribution in [1.29, 1.82) is 0 Å². The summed E-state index contributed by atoms with van der Waals surface area (Å²) >= 11 is 41.7. The summed E-state index contributed by atoms with van der Waals surface area (Å²) in [4.78, 5) is 0. The molecule has 20 heteroatoms. The van der Waals surface area contributed by atoms with Gasteiger partial charge < -0.3 is 0 Å². The predicted molar refractivity (Wildman–Crippen MR) is 419 cm³/mol. The van der Waals surface area contributed by atoms with E-state index in [2.05, 4.69) is 268 Å². The first kappa shape index (κ1) is 68.5. The van der Waals surface area contributed by atoms with Crippen LogP contribution in [0.4, 0.5) is 0 Å². The number of hydrogen-bond donors (Lipinski definition) is 0. The van der Waals surface area contributed by atoms with Gasteiger partial charge in [0.2, 0.25) is 0 Å². The standard InChI is InChI=1S/C62H80S20/c1-9-17-21-37(13-5)33-63-49-50(64-34-38(14-6)22-18-10-2)76-59(75-49)61-79-55-56(80-61)72-47(71-55)43-29-25-41(26-30-43)45-67-53-54(68-45)70-46(69-53)42-27-31-44(32-28-42)48-73-57-58(74-48)82-62(81-57)60-77-51(65-35-39(15-7)23-19-11-3)52(78-60)66-36-40(16-8)24-20-12-4/h25,27,29,31,37-40H,9-24,26,28,30,32-36H2,1-8H3. The Hall–Kier alpha value is 3.62. The van der Waals surface area contributed by atoms with Crippen LogP contribution in [0.15, 0.2) is 123 Å². The average Bonchev–Trinajstić information content (AvgIpc) is 4.58. The van der Waals surface area contributed by atoms with Crippen LogP contribution in [0.5, 0.6) is 0 Å². The van der Waals surface area contributed by atoms with Crippen molar-refractivity contribution in [2.45, 2.75) is 184 Å². The minimum Gasteiger partial charge on any atom is -0.117 e. The van der Waals surface area contributed by atoms with Crippen molar-refractivity contribution in [3.05, 3.63) is 123 Å². The second-order valence-corrected chi connectivity index (χ2v) is 46.6. The van der Waals surface area contributed by atoms with Gasteiger partial charge in [0.1, 0.15) is 0 Å². The van der Waals surface area contributed by atoms with E-state index in [1.165, 1.54) is 207 Å². The van der Waals surface area contributed by atoms with Gasteiger partial charge in [-0.25, -0.2) is 0 Å². The highest BCUT2D eigenvalue weighted by molar-refractivity contribution is 8.51. The lowest BCUT2D eigenvalue weighted by atomic mass is 10.00. The van der Waals surface area contributed by atoms with Gasteiger partial charge in [0.15, 0.2) is 0 Å². The third kappa shape index (κ3) is 18.5. The molecule has 0 radical (unpaired) electrons. The smallest absolute Gasteiger partial charge is 0.0718 e. The van der Waals surface area contributed by atoms with Gasteiger partial charge in [0.05, 0.1) is 76.3 Å². The summed E-state index contributed by atoms with van der Waals surface area (Å²) in [6.07, 6.45) is 35.8. The number of unbranched alkanes of at least 4 members (excludes halogenated alkanes) is 4. The molecule has 0 aromatic carbocycles. The van der Waals surface area contributed by atoms with Crippen LogP contribution in [0.2, 0.25) is 0 Å². The van der Waals surface area contributed by atoms with Crippen molar-refractivity contribution in [3.8, 4) is 0 Å². The van der Waals surface area contributed by atoms with Crippen LogP contribution in [-0.4, -0.2) is 23.0 Å². The van der Waals surface area contributed by atoms with Crippen LogP contribution in [-0.2, 0) is 0 Å². The van der Waals surface area contributed by atoms with Gasteiger partial charge in [-0.1, -0.05) is 345 Å². The van der Waals surface area contributed by atoms with Gasteiger partial charge in [-0.05, 0) is 97.3 Å². The van der Waals surface area contributed by atoms with Crippen LogP contribution in [0.3, 0.4) is 0 Å². The molecule has 10 aliphatic rings. The fourth-order valence-corrected chi connectivity index (χ4v) is 42.6. The molecule has 0 bridgehead atoms. The molecular formula is C62H80S20. The molecule has 4 unspecified atom stereocenters. The molecule has 0 N–H and O–H groups in total. The maximum Gasteiger partial charge on any atom is 0.0718 e. The Bertz CT molecular complexity index is 2470.